The Morgan fingerprint density at radius 1 is 1.21 bits per heavy atom. The van der Waals surface area contributed by atoms with Crippen molar-refractivity contribution in [1.82, 2.24) is 25.1 Å². The molecular formula is C24H27N7O2S. The SMILES string of the molecule is COCC(=O)N1CCCN(c2ccnc(Nc3nc4ccc(-c5cn[nH]c5C)cc4s3)c2)CC1. The molecule has 10 heteroatoms. The van der Waals surface area contributed by atoms with E-state index in [1.165, 1.54) is 0 Å². The number of rotatable bonds is 6. The molecule has 34 heavy (non-hydrogen) atoms. The molecule has 0 radical (unpaired) electrons. The highest BCUT2D eigenvalue weighted by Crippen LogP contribution is 2.32. The average Bonchev–Trinajstić information content (AvgIpc) is 3.35. The monoisotopic (exact) mass is 477 g/mol. The molecule has 5 rings (SSSR count). The van der Waals surface area contributed by atoms with Gasteiger partial charge in [-0.2, -0.15) is 5.10 Å². The summed E-state index contributed by atoms with van der Waals surface area (Å²) in [4.78, 5) is 25.6. The average molecular weight is 478 g/mol. The summed E-state index contributed by atoms with van der Waals surface area (Å²) in [6, 6.07) is 10.3. The van der Waals surface area contributed by atoms with Crippen molar-refractivity contribution in [1.29, 1.82) is 0 Å². The van der Waals surface area contributed by atoms with Crippen molar-refractivity contribution in [2.45, 2.75) is 13.3 Å². The van der Waals surface area contributed by atoms with Gasteiger partial charge in [-0.1, -0.05) is 17.4 Å². The minimum Gasteiger partial charge on any atom is -0.375 e. The number of nitrogens with zero attached hydrogens (tertiary/aromatic N) is 5. The first kappa shape index (κ1) is 22.3. The molecule has 1 aliphatic heterocycles. The predicted octanol–water partition coefficient (Wildman–Crippen LogP) is 3.82. The fourth-order valence-corrected chi connectivity index (χ4v) is 5.13. The van der Waals surface area contributed by atoms with Crippen LogP contribution in [0.5, 0.6) is 0 Å². The number of carbonyl (C=O) groups excluding carboxylic acids is 1. The van der Waals surface area contributed by atoms with Crippen molar-refractivity contribution in [2.24, 2.45) is 0 Å². The van der Waals surface area contributed by atoms with Gasteiger partial charge in [0.1, 0.15) is 12.4 Å². The molecule has 0 aliphatic carbocycles. The van der Waals surface area contributed by atoms with E-state index in [9.17, 15) is 4.79 Å². The van der Waals surface area contributed by atoms with Crippen molar-refractivity contribution in [3.05, 3.63) is 48.4 Å². The molecule has 0 unspecified atom stereocenters. The Kier molecular flexibility index (Phi) is 6.41. The van der Waals surface area contributed by atoms with Gasteiger partial charge in [-0.25, -0.2) is 9.97 Å². The zero-order valence-electron chi connectivity index (χ0n) is 19.2. The van der Waals surface area contributed by atoms with Crippen LogP contribution in [-0.2, 0) is 9.53 Å². The summed E-state index contributed by atoms with van der Waals surface area (Å²) in [6.45, 7) is 5.25. The van der Waals surface area contributed by atoms with Crippen molar-refractivity contribution in [3.8, 4) is 11.1 Å². The van der Waals surface area contributed by atoms with E-state index in [2.05, 4.69) is 37.5 Å². The summed E-state index contributed by atoms with van der Waals surface area (Å²) in [5, 5.41) is 11.3. The molecule has 1 fully saturated rings. The summed E-state index contributed by atoms with van der Waals surface area (Å²) in [6.07, 6.45) is 4.57. The van der Waals surface area contributed by atoms with Crippen LogP contribution in [0.15, 0.2) is 42.7 Å². The van der Waals surface area contributed by atoms with E-state index < -0.39 is 0 Å². The number of thiazole rings is 1. The molecule has 0 spiro atoms. The minimum absolute atomic E-state index is 0.0448. The Hall–Kier alpha value is -3.50. The van der Waals surface area contributed by atoms with E-state index in [0.29, 0.717) is 6.54 Å². The van der Waals surface area contributed by atoms with Crippen molar-refractivity contribution >= 4 is 44.1 Å². The summed E-state index contributed by atoms with van der Waals surface area (Å²) >= 11 is 1.60. The van der Waals surface area contributed by atoms with Crippen molar-refractivity contribution in [3.63, 3.8) is 0 Å². The zero-order valence-corrected chi connectivity index (χ0v) is 20.1. The van der Waals surface area contributed by atoms with Gasteiger partial charge in [-0.3, -0.25) is 9.89 Å². The second-order valence-electron chi connectivity index (χ2n) is 8.29. The number of aryl methyl sites for hydroxylation is 1. The van der Waals surface area contributed by atoms with E-state index in [1.54, 1.807) is 18.4 Å². The molecule has 1 aromatic carbocycles. The van der Waals surface area contributed by atoms with E-state index in [0.717, 1.165) is 69.7 Å². The van der Waals surface area contributed by atoms with Crippen LogP contribution in [0.3, 0.4) is 0 Å². The molecule has 4 aromatic rings. The molecule has 176 valence electrons. The summed E-state index contributed by atoms with van der Waals surface area (Å²) in [5.41, 5.74) is 5.29. The van der Waals surface area contributed by atoms with E-state index >= 15 is 0 Å². The number of carbonyl (C=O) groups is 1. The lowest BCUT2D eigenvalue weighted by molar-refractivity contribution is -0.134. The standard InChI is InChI=1S/C24H27N7O2S/c1-16-19(14-26-29-16)17-4-5-20-21(12-17)34-24(27-20)28-22-13-18(6-7-25-22)30-8-3-9-31(11-10-30)23(32)15-33-2/h4-7,12-14H,3,8-11,15H2,1-2H3,(H,26,29)(H,25,27,28). The maximum atomic E-state index is 12.2. The summed E-state index contributed by atoms with van der Waals surface area (Å²) in [7, 11) is 1.55. The van der Waals surface area contributed by atoms with Crippen LogP contribution in [0.2, 0.25) is 0 Å². The lowest BCUT2D eigenvalue weighted by Crippen LogP contribution is -2.37. The van der Waals surface area contributed by atoms with Crippen LogP contribution in [0.4, 0.5) is 16.6 Å². The lowest BCUT2D eigenvalue weighted by atomic mass is 10.1. The topological polar surface area (TPSA) is 99.3 Å². The molecule has 1 saturated heterocycles. The zero-order chi connectivity index (χ0) is 23.5. The van der Waals surface area contributed by atoms with Gasteiger partial charge in [-0.15, -0.1) is 0 Å². The number of aromatic amines is 1. The largest absolute Gasteiger partial charge is 0.375 e. The Balaban J connectivity index is 1.30. The van der Waals surface area contributed by atoms with Crippen LogP contribution < -0.4 is 10.2 Å². The Labute approximate surface area is 201 Å². The number of fused-ring (bicyclic) bond motifs is 1. The van der Waals surface area contributed by atoms with Crippen LogP contribution >= 0.6 is 11.3 Å². The minimum atomic E-state index is 0.0448. The quantitative estimate of drug-likeness (QED) is 0.436. The van der Waals surface area contributed by atoms with Gasteiger partial charge < -0.3 is 19.9 Å². The number of pyridine rings is 1. The number of H-pyrrole nitrogens is 1. The highest BCUT2D eigenvalue weighted by Gasteiger charge is 2.19. The summed E-state index contributed by atoms with van der Waals surface area (Å²) < 4.78 is 6.11. The highest BCUT2D eigenvalue weighted by molar-refractivity contribution is 7.22. The molecule has 0 atom stereocenters. The number of benzene rings is 1. The predicted molar refractivity (Wildman–Crippen MR) is 135 cm³/mol. The second kappa shape index (κ2) is 9.78. The molecule has 9 nitrogen and oxygen atoms in total. The molecule has 0 saturated carbocycles. The number of ether oxygens (including phenoxy) is 1. The molecular weight excluding hydrogens is 450 g/mol. The van der Waals surface area contributed by atoms with Gasteiger partial charge in [0.2, 0.25) is 5.91 Å². The summed E-state index contributed by atoms with van der Waals surface area (Å²) in [5.74, 6) is 0.794. The van der Waals surface area contributed by atoms with Crippen LogP contribution in [0.1, 0.15) is 12.1 Å². The first-order valence-electron chi connectivity index (χ1n) is 11.3. The first-order chi connectivity index (χ1) is 16.6. The van der Waals surface area contributed by atoms with E-state index in [4.69, 9.17) is 9.72 Å². The normalized spacial score (nSPS) is 14.4. The molecule has 4 heterocycles. The van der Waals surface area contributed by atoms with Gasteiger partial charge in [0.05, 0.1) is 16.4 Å². The third-order valence-electron chi connectivity index (χ3n) is 5.99. The van der Waals surface area contributed by atoms with Crippen molar-refractivity contribution < 1.29 is 9.53 Å². The van der Waals surface area contributed by atoms with Gasteiger partial charge in [-0.05, 0) is 37.1 Å². The fourth-order valence-electron chi connectivity index (χ4n) is 4.22. The number of nitrogens with one attached hydrogen (secondary N) is 2. The molecule has 0 bridgehead atoms. The number of aromatic nitrogens is 4. The Morgan fingerprint density at radius 3 is 2.94 bits per heavy atom. The maximum Gasteiger partial charge on any atom is 0.248 e. The third kappa shape index (κ3) is 4.73. The molecule has 3 aromatic heterocycles. The third-order valence-corrected chi connectivity index (χ3v) is 6.92. The first-order valence-corrected chi connectivity index (χ1v) is 12.1. The van der Waals surface area contributed by atoms with Crippen LogP contribution in [-0.4, -0.2) is 70.9 Å². The Morgan fingerprint density at radius 2 is 2.12 bits per heavy atom. The number of methoxy groups -OCH3 is 1. The van der Waals surface area contributed by atoms with E-state index in [-0.39, 0.29) is 12.5 Å². The van der Waals surface area contributed by atoms with E-state index in [1.807, 2.05) is 42.4 Å². The van der Waals surface area contributed by atoms with Crippen LogP contribution in [0, 0.1) is 6.92 Å². The number of anilines is 3. The number of hydrogen-bond acceptors (Lipinski definition) is 8. The van der Waals surface area contributed by atoms with Gasteiger partial charge in [0, 0.05) is 62.5 Å². The molecule has 1 amide bonds. The number of amides is 1. The maximum absolute atomic E-state index is 12.2. The Bertz CT molecular complexity index is 1300. The lowest BCUT2D eigenvalue weighted by Gasteiger charge is -2.24. The van der Waals surface area contributed by atoms with Crippen molar-refractivity contribution in [2.75, 3.05) is 50.1 Å². The van der Waals surface area contributed by atoms with Gasteiger partial charge in [0.25, 0.3) is 0 Å². The molecule has 2 N–H and O–H groups in total. The second-order valence-corrected chi connectivity index (χ2v) is 9.32. The van der Waals surface area contributed by atoms with Crippen LogP contribution in [0.25, 0.3) is 21.3 Å². The smallest absolute Gasteiger partial charge is 0.248 e. The van der Waals surface area contributed by atoms with Gasteiger partial charge >= 0.3 is 0 Å². The van der Waals surface area contributed by atoms with Gasteiger partial charge in [0.15, 0.2) is 5.13 Å². The highest BCUT2D eigenvalue weighted by atomic mass is 32.1. The fraction of sp³-hybridized carbons (Fsp3) is 0.333. The molecule has 1 aliphatic rings. The number of hydrogen-bond donors (Lipinski definition) is 2.